The average Bonchev–Trinajstić information content (AvgIpc) is 2.37. The molecule has 1 aromatic rings. The predicted molar refractivity (Wildman–Crippen MR) is 85.3 cm³/mol. The Kier molecular flexibility index (Phi) is 4.73. The molecule has 0 bridgehead atoms. The zero-order valence-corrected chi connectivity index (χ0v) is 14.2. The smallest absolute Gasteiger partial charge is 0.133 e. The van der Waals surface area contributed by atoms with Gasteiger partial charge in [-0.25, -0.2) is 9.97 Å². The second-order valence-electron chi connectivity index (χ2n) is 7.54. The van der Waals surface area contributed by atoms with E-state index in [1.54, 1.807) is 0 Å². The number of halogens is 1. The van der Waals surface area contributed by atoms with Gasteiger partial charge in [0, 0.05) is 11.3 Å². The second-order valence-corrected chi connectivity index (χ2v) is 7.93. The summed E-state index contributed by atoms with van der Waals surface area (Å²) in [6, 6.07) is 1.91. The van der Waals surface area contributed by atoms with Crippen molar-refractivity contribution in [2.45, 2.75) is 71.6 Å². The van der Waals surface area contributed by atoms with Crippen molar-refractivity contribution in [3.63, 3.8) is 0 Å². The van der Waals surface area contributed by atoms with Crippen LogP contribution < -0.4 is 0 Å². The lowest BCUT2D eigenvalue weighted by Gasteiger charge is -2.30. The van der Waals surface area contributed by atoms with Crippen molar-refractivity contribution < 1.29 is 0 Å². The highest BCUT2D eigenvalue weighted by Crippen LogP contribution is 2.38. The third-order valence-electron chi connectivity index (χ3n) is 4.56. The summed E-state index contributed by atoms with van der Waals surface area (Å²) >= 11 is 6.20. The van der Waals surface area contributed by atoms with Crippen LogP contribution in [0.25, 0.3) is 0 Å². The standard InChI is InChI=1S/C17H27ClN2/c1-11(2)12-6-8-13(9-7-12)16-19-14(17(3,4)5)10-15(18)20-16/h10-13H,6-9H2,1-5H3. The summed E-state index contributed by atoms with van der Waals surface area (Å²) in [4.78, 5) is 9.30. The molecule has 0 aromatic carbocycles. The van der Waals surface area contributed by atoms with Gasteiger partial charge in [0.2, 0.25) is 0 Å². The molecule has 1 heterocycles. The van der Waals surface area contributed by atoms with Gasteiger partial charge < -0.3 is 0 Å². The van der Waals surface area contributed by atoms with Gasteiger partial charge in [-0.3, -0.25) is 0 Å². The minimum absolute atomic E-state index is 0.0243. The molecular formula is C17H27ClN2. The molecule has 3 heteroatoms. The maximum atomic E-state index is 6.20. The summed E-state index contributed by atoms with van der Waals surface area (Å²) in [7, 11) is 0. The minimum Gasteiger partial charge on any atom is -0.237 e. The van der Waals surface area contributed by atoms with Crippen molar-refractivity contribution in [1.82, 2.24) is 9.97 Å². The van der Waals surface area contributed by atoms with E-state index in [4.69, 9.17) is 16.6 Å². The zero-order valence-electron chi connectivity index (χ0n) is 13.4. The molecule has 1 saturated carbocycles. The fourth-order valence-electron chi connectivity index (χ4n) is 3.05. The number of aromatic nitrogens is 2. The molecular weight excluding hydrogens is 268 g/mol. The van der Waals surface area contributed by atoms with Crippen molar-refractivity contribution in [1.29, 1.82) is 0 Å². The van der Waals surface area contributed by atoms with Crippen LogP contribution in [0.5, 0.6) is 0 Å². The van der Waals surface area contributed by atoms with Crippen molar-refractivity contribution in [3.05, 3.63) is 22.7 Å². The van der Waals surface area contributed by atoms with Crippen LogP contribution in [0.2, 0.25) is 5.15 Å². The molecule has 112 valence electrons. The third kappa shape index (κ3) is 3.72. The first-order chi connectivity index (χ1) is 9.27. The van der Waals surface area contributed by atoms with Gasteiger partial charge in [-0.05, 0) is 43.6 Å². The van der Waals surface area contributed by atoms with Crippen LogP contribution >= 0.6 is 11.6 Å². The lowest BCUT2D eigenvalue weighted by atomic mass is 9.76. The minimum atomic E-state index is 0.0243. The molecule has 0 amide bonds. The number of hydrogen-bond acceptors (Lipinski definition) is 2. The molecule has 1 aromatic heterocycles. The first-order valence-electron chi connectivity index (χ1n) is 7.82. The Labute approximate surface area is 128 Å². The molecule has 1 fully saturated rings. The van der Waals surface area contributed by atoms with Crippen LogP contribution in [0.15, 0.2) is 6.07 Å². The monoisotopic (exact) mass is 294 g/mol. The molecule has 0 N–H and O–H groups in total. The van der Waals surface area contributed by atoms with Crippen LogP contribution in [0, 0.1) is 11.8 Å². The Morgan fingerprint density at radius 2 is 1.70 bits per heavy atom. The second kappa shape index (κ2) is 6.01. The van der Waals surface area contributed by atoms with Crippen molar-refractivity contribution in [3.8, 4) is 0 Å². The van der Waals surface area contributed by atoms with Crippen LogP contribution in [0.4, 0.5) is 0 Å². The maximum absolute atomic E-state index is 6.20. The van der Waals surface area contributed by atoms with E-state index in [0.717, 1.165) is 23.4 Å². The van der Waals surface area contributed by atoms with Gasteiger partial charge in [0.1, 0.15) is 11.0 Å². The summed E-state index contributed by atoms with van der Waals surface area (Å²) in [5.74, 6) is 3.11. The molecule has 1 aliphatic rings. The van der Waals surface area contributed by atoms with Gasteiger partial charge in [0.25, 0.3) is 0 Å². The van der Waals surface area contributed by atoms with E-state index in [9.17, 15) is 0 Å². The normalized spacial score (nSPS) is 24.1. The van der Waals surface area contributed by atoms with Gasteiger partial charge in [-0.15, -0.1) is 0 Å². The van der Waals surface area contributed by atoms with Crippen molar-refractivity contribution >= 4 is 11.6 Å². The van der Waals surface area contributed by atoms with Crippen molar-refractivity contribution in [2.75, 3.05) is 0 Å². The molecule has 0 aliphatic heterocycles. The Balaban J connectivity index is 2.16. The Hall–Kier alpha value is -0.630. The van der Waals surface area contributed by atoms with E-state index in [1.807, 2.05) is 6.07 Å². The lowest BCUT2D eigenvalue weighted by molar-refractivity contribution is 0.254. The van der Waals surface area contributed by atoms with Crippen LogP contribution in [0.3, 0.4) is 0 Å². The highest BCUT2D eigenvalue weighted by atomic mass is 35.5. The van der Waals surface area contributed by atoms with Gasteiger partial charge in [-0.1, -0.05) is 46.2 Å². The van der Waals surface area contributed by atoms with E-state index in [0.29, 0.717) is 11.1 Å². The number of rotatable bonds is 2. The van der Waals surface area contributed by atoms with Crippen LogP contribution in [-0.4, -0.2) is 9.97 Å². The molecule has 0 unspecified atom stereocenters. The van der Waals surface area contributed by atoms with E-state index in [-0.39, 0.29) is 5.41 Å². The highest BCUT2D eigenvalue weighted by molar-refractivity contribution is 6.29. The predicted octanol–water partition coefficient (Wildman–Crippen LogP) is 5.36. The van der Waals surface area contributed by atoms with E-state index >= 15 is 0 Å². The molecule has 2 nitrogen and oxygen atoms in total. The number of hydrogen-bond donors (Lipinski definition) is 0. The SMILES string of the molecule is CC(C)C1CCC(c2nc(Cl)cc(C(C)(C)C)n2)CC1. The largest absolute Gasteiger partial charge is 0.237 e. The summed E-state index contributed by atoms with van der Waals surface area (Å²) in [6.45, 7) is 11.2. The molecule has 0 radical (unpaired) electrons. The average molecular weight is 295 g/mol. The fraction of sp³-hybridized carbons (Fsp3) is 0.765. The van der Waals surface area contributed by atoms with E-state index in [2.05, 4.69) is 39.6 Å². The molecule has 2 rings (SSSR count). The summed E-state index contributed by atoms with van der Waals surface area (Å²) in [5, 5.41) is 0.589. The summed E-state index contributed by atoms with van der Waals surface area (Å²) in [6.07, 6.45) is 4.99. The van der Waals surface area contributed by atoms with Gasteiger partial charge >= 0.3 is 0 Å². The topological polar surface area (TPSA) is 25.8 Å². The molecule has 0 saturated heterocycles. The first-order valence-corrected chi connectivity index (χ1v) is 8.20. The van der Waals surface area contributed by atoms with E-state index < -0.39 is 0 Å². The maximum Gasteiger partial charge on any atom is 0.133 e. The lowest BCUT2D eigenvalue weighted by Crippen LogP contribution is -2.21. The van der Waals surface area contributed by atoms with Gasteiger partial charge in [0.05, 0.1) is 5.69 Å². The Morgan fingerprint density at radius 3 is 2.20 bits per heavy atom. The summed E-state index contributed by atoms with van der Waals surface area (Å²) in [5.41, 5.74) is 1.08. The zero-order chi connectivity index (χ0) is 14.9. The van der Waals surface area contributed by atoms with Crippen molar-refractivity contribution in [2.24, 2.45) is 11.8 Å². The first kappa shape index (κ1) is 15.8. The third-order valence-corrected chi connectivity index (χ3v) is 4.75. The van der Waals surface area contributed by atoms with Crippen LogP contribution in [0.1, 0.15) is 77.7 Å². The molecule has 20 heavy (non-hydrogen) atoms. The summed E-state index contributed by atoms with van der Waals surface area (Å²) < 4.78 is 0. The van der Waals surface area contributed by atoms with Crippen LogP contribution in [-0.2, 0) is 5.41 Å². The number of nitrogens with zero attached hydrogens (tertiary/aromatic N) is 2. The van der Waals surface area contributed by atoms with Gasteiger partial charge in [0.15, 0.2) is 0 Å². The highest BCUT2D eigenvalue weighted by Gasteiger charge is 2.27. The quantitative estimate of drug-likeness (QED) is 0.686. The molecule has 0 spiro atoms. The molecule has 0 atom stereocenters. The fourth-order valence-corrected chi connectivity index (χ4v) is 3.24. The van der Waals surface area contributed by atoms with E-state index in [1.165, 1.54) is 25.7 Å². The van der Waals surface area contributed by atoms with Gasteiger partial charge in [-0.2, -0.15) is 0 Å². The Morgan fingerprint density at radius 1 is 1.10 bits per heavy atom. The Bertz CT molecular complexity index is 455. The molecule has 1 aliphatic carbocycles.